The van der Waals surface area contributed by atoms with E-state index in [-0.39, 0.29) is 11.7 Å². The average Bonchev–Trinajstić information content (AvgIpc) is 2.60. The summed E-state index contributed by atoms with van der Waals surface area (Å²) in [6.07, 6.45) is 2.43. The van der Waals surface area contributed by atoms with Crippen LogP contribution in [0, 0.1) is 0 Å². The molecule has 0 bridgehead atoms. The molecule has 1 atom stereocenters. The molecule has 2 heterocycles. The minimum atomic E-state index is -1.01. The van der Waals surface area contributed by atoms with Crippen molar-refractivity contribution in [2.75, 3.05) is 18.4 Å². The van der Waals surface area contributed by atoms with Gasteiger partial charge in [0, 0.05) is 19.3 Å². The molecule has 1 aliphatic rings. The summed E-state index contributed by atoms with van der Waals surface area (Å²) in [6.45, 7) is 1.29. The van der Waals surface area contributed by atoms with Crippen LogP contribution in [-0.4, -0.2) is 33.7 Å². The Labute approximate surface area is 80.7 Å². The Balaban J connectivity index is 2.38. The van der Waals surface area contributed by atoms with Gasteiger partial charge < -0.3 is 20.7 Å². The van der Waals surface area contributed by atoms with E-state index in [2.05, 4.69) is 10.3 Å². The number of aromatic nitrogens is 2. The lowest BCUT2D eigenvalue weighted by Gasteiger charge is -2.24. The van der Waals surface area contributed by atoms with Crippen LogP contribution in [0.25, 0.3) is 0 Å². The first-order valence-electron chi connectivity index (χ1n) is 4.48. The third-order valence-corrected chi connectivity index (χ3v) is 2.38. The average molecular weight is 196 g/mol. The molecule has 2 rings (SSSR count). The third-order valence-electron chi connectivity index (χ3n) is 2.38. The molecule has 1 unspecified atom stereocenters. The number of hydrogen-bond acceptors (Lipinski definition) is 4. The zero-order chi connectivity index (χ0) is 10.1. The lowest BCUT2D eigenvalue weighted by Crippen LogP contribution is -2.27. The number of imidazole rings is 1. The second-order valence-corrected chi connectivity index (χ2v) is 3.27. The molecule has 76 valence electrons. The number of nitrogens with zero attached hydrogens (tertiary/aromatic N) is 2. The van der Waals surface area contributed by atoms with Crippen molar-refractivity contribution in [2.45, 2.75) is 12.5 Å². The van der Waals surface area contributed by atoms with Gasteiger partial charge in [0.1, 0.15) is 0 Å². The number of nitrogens with two attached hydrogens (primary N) is 1. The maximum Gasteiger partial charge on any atom is 0.356 e. The van der Waals surface area contributed by atoms with Crippen molar-refractivity contribution in [3.05, 3.63) is 11.9 Å². The van der Waals surface area contributed by atoms with E-state index < -0.39 is 5.97 Å². The van der Waals surface area contributed by atoms with Crippen LogP contribution >= 0.6 is 0 Å². The largest absolute Gasteiger partial charge is 0.476 e. The zero-order valence-corrected chi connectivity index (χ0v) is 7.60. The summed E-state index contributed by atoms with van der Waals surface area (Å²) in [6, 6.07) is 0.159. The Morgan fingerprint density at radius 3 is 3.29 bits per heavy atom. The summed E-state index contributed by atoms with van der Waals surface area (Å²) in [5, 5.41) is 11.8. The molecule has 0 aromatic carbocycles. The van der Waals surface area contributed by atoms with E-state index in [1.165, 1.54) is 6.20 Å². The van der Waals surface area contributed by atoms with E-state index in [1.54, 1.807) is 4.57 Å². The van der Waals surface area contributed by atoms with Crippen molar-refractivity contribution in [3.8, 4) is 0 Å². The monoisotopic (exact) mass is 196 g/mol. The summed E-state index contributed by atoms with van der Waals surface area (Å²) < 4.78 is 1.80. The number of fused-ring (bicyclic) bond motifs is 1. The first kappa shape index (κ1) is 9.01. The van der Waals surface area contributed by atoms with Gasteiger partial charge in [-0.1, -0.05) is 0 Å². The SMILES string of the molecule is NCC1CCNc2nc(C(=O)O)cn21. The highest BCUT2D eigenvalue weighted by Gasteiger charge is 2.21. The first-order valence-corrected chi connectivity index (χ1v) is 4.48. The fraction of sp³-hybridized carbons (Fsp3) is 0.500. The van der Waals surface area contributed by atoms with Gasteiger partial charge >= 0.3 is 5.97 Å². The van der Waals surface area contributed by atoms with Crippen molar-refractivity contribution >= 4 is 11.9 Å². The topological polar surface area (TPSA) is 93.2 Å². The van der Waals surface area contributed by atoms with Crippen molar-refractivity contribution in [3.63, 3.8) is 0 Å². The molecule has 6 heteroatoms. The summed E-state index contributed by atoms with van der Waals surface area (Å²) >= 11 is 0. The number of hydrogen-bond donors (Lipinski definition) is 3. The van der Waals surface area contributed by atoms with E-state index in [9.17, 15) is 4.79 Å². The van der Waals surface area contributed by atoms with E-state index >= 15 is 0 Å². The lowest BCUT2D eigenvalue weighted by atomic mass is 10.2. The van der Waals surface area contributed by atoms with Crippen LogP contribution in [0.3, 0.4) is 0 Å². The van der Waals surface area contributed by atoms with Crippen LogP contribution in [0.4, 0.5) is 5.95 Å². The van der Waals surface area contributed by atoms with Gasteiger partial charge in [0.15, 0.2) is 5.69 Å². The van der Waals surface area contributed by atoms with E-state index in [0.717, 1.165) is 13.0 Å². The highest BCUT2D eigenvalue weighted by atomic mass is 16.4. The van der Waals surface area contributed by atoms with Crippen LogP contribution in [0.2, 0.25) is 0 Å². The molecule has 1 aromatic rings. The molecule has 1 aromatic heterocycles. The van der Waals surface area contributed by atoms with Gasteiger partial charge in [0.25, 0.3) is 0 Å². The Kier molecular flexibility index (Phi) is 2.12. The second-order valence-electron chi connectivity index (χ2n) is 3.27. The molecule has 0 fully saturated rings. The van der Waals surface area contributed by atoms with E-state index in [0.29, 0.717) is 12.5 Å². The highest BCUT2D eigenvalue weighted by Crippen LogP contribution is 2.22. The van der Waals surface area contributed by atoms with Gasteiger partial charge in [0.05, 0.1) is 6.04 Å². The van der Waals surface area contributed by atoms with Gasteiger partial charge in [-0.15, -0.1) is 0 Å². The lowest BCUT2D eigenvalue weighted by molar-refractivity contribution is 0.0691. The summed E-state index contributed by atoms with van der Waals surface area (Å²) in [5.74, 6) is -0.409. The Morgan fingerprint density at radius 1 is 1.86 bits per heavy atom. The molecule has 14 heavy (non-hydrogen) atoms. The van der Waals surface area contributed by atoms with Gasteiger partial charge in [-0.2, -0.15) is 0 Å². The van der Waals surface area contributed by atoms with Crippen molar-refractivity contribution in [2.24, 2.45) is 5.73 Å². The molecule has 0 amide bonds. The fourth-order valence-electron chi connectivity index (χ4n) is 1.63. The van der Waals surface area contributed by atoms with Gasteiger partial charge in [-0.3, -0.25) is 0 Å². The minimum Gasteiger partial charge on any atom is -0.476 e. The molecule has 0 aliphatic carbocycles. The molecular formula is C8H12N4O2. The van der Waals surface area contributed by atoms with Crippen LogP contribution in [0.15, 0.2) is 6.20 Å². The van der Waals surface area contributed by atoms with Crippen molar-refractivity contribution in [1.29, 1.82) is 0 Å². The number of carboxylic acid groups (broad SMARTS) is 1. The fourth-order valence-corrected chi connectivity index (χ4v) is 1.63. The second kappa shape index (κ2) is 3.30. The molecule has 0 radical (unpaired) electrons. The third kappa shape index (κ3) is 1.33. The predicted octanol–water partition coefficient (Wildman–Crippen LogP) is -0.103. The smallest absolute Gasteiger partial charge is 0.356 e. The van der Waals surface area contributed by atoms with Crippen LogP contribution in [-0.2, 0) is 0 Å². The molecular weight excluding hydrogens is 184 g/mol. The summed E-state index contributed by atoms with van der Waals surface area (Å²) in [7, 11) is 0. The molecule has 0 saturated carbocycles. The van der Waals surface area contributed by atoms with Gasteiger partial charge in [0.2, 0.25) is 5.95 Å². The van der Waals surface area contributed by atoms with Crippen molar-refractivity contribution in [1.82, 2.24) is 9.55 Å². The van der Waals surface area contributed by atoms with Crippen LogP contribution < -0.4 is 11.1 Å². The predicted molar refractivity (Wildman–Crippen MR) is 50.4 cm³/mol. The Bertz CT molecular complexity index is 360. The summed E-state index contributed by atoms with van der Waals surface area (Å²) in [5.41, 5.74) is 5.64. The number of carbonyl (C=O) groups is 1. The van der Waals surface area contributed by atoms with E-state index in [4.69, 9.17) is 10.8 Å². The van der Waals surface area contributed by atoms with Gasteiger partial charge in [-0.05, 0) is 6.42 Å². The number of rotatable bonds is 2. The first-order chi connectivity index (χ1) is 6.72. The summed E-state index contributed by atoms with van der Waals surface area (Å²) in [4.78, 5) is 14.6. The number of aromatic carboxylic acids is 1. The molecule has 0 spiro atoms. The van der Waals surface area contributed by atoms with Crippen molar-refractivity contribution < 1.29 is 9.90 Å². The number of nitrogens with one attached hydrogen (secondary N) is 1. The van der Waals surface area contributed by atoms with Crippen LogP contribution in [0.5, 0.6) is 0 Å². The normalized spacial score (nSPS) is 19.9. The molecule has 0 saturated heterocycles. The van der Waals surface area contributed by atoms with Crippen LogP contribution in [0.1, 0.15) is 23.0 Å². The molecule has 6 nitrogen and oxygen atoms in total. The number of carboxylic acids is 1. The van der Waals surface area contributed by atoms with Gasteiger partial charge in [-0.25, -0.2) is 9.78 Å². The standard InChI is InChI=1S/C8H12N4O2/c9-3-5-1-2-10-8-11-6(7(13)14)4-12(5)8/h4-5H,1-3,9H2,(H,10,11)(H,13,14). The Morgan fingerprint density at radius 2 is 2.64 bits per heavy atom. The Hall–Kier alpha value is -1.56. The maximum absolute atomic E-state index is 10.7. The molecule has 4 N–H and O–H groups in total. The van der Waals surface area contributed by atoms with E-state index in [1.807, 2.05) is 0 Å². The quantitative estimate of drug-likeness (QED) is 0.614. The zero-order valence-electron chi connectivity index (χ0n) is 7.60. The molecule has 1 aliphatic heterocycles. The highest BCUT2D eigenvalue weighted by molar-refractivity contribution is 5.85. The maximum atomic E-state index is 10.7. The minimum absolute atomic E-state index is 0.0628. The number of anilines is 1.